The van der Waals surface area contributed by atoms with Crippen molar-refractivity contribution < 1.29 is 9.32 Å². The summed E-state index contributed by atoms with van der Waals surface area (Å²) in [6, 6.07) is 9.25. The molecule has 31 heavy (non-hydrogen) atoms. The molecule has 1 aromatic heterocycles. The first-order valence-corrected chi connectivity index (χ1v) is 10.3. The van der Waals surface area contributed by atoms with Crippen LogP contribution in [0, 0.1) is 12.3 Å². The molecule has 5 N–H and O–H groups in total. The first-order valence-electron chi connectivity index (χ1n) is 10.3. The van der Waals surface area contributed by atoms with Crippen molar-refractivity contribution in [3.8, 4) is 0 Å². The Hall–Kier alpha value is -3.75. The number of amidine groups is 1. The molecule has 1 atom stereocenters. The minimum atomic E-state index is -0.364. The predicted molar refractivity (Wildman–Crippen MR) is 120 cm³/mol. The number of likely N-dealkylation sites (tertiary alicyclic amines) is 1. The van der Waals surface area contributed by atoms with Crippen molar-refractivity contribution in [2.45, 2.75) is 25.7 Å². The van der Waals surface area contributed by atoms with Crippen molar-refractivity contribution in [2.24, 2.45) is 0 Å². The Morgan fingerprint density at radius 2 is 2.19 bits per heavy atom. The lowest BCUT2D eigenvalue weighted by Gasteiger charge is -2.36. The van der Waals surface area contributed by atoms with Gasteiger partial charge in [0.15, 0.2) is 5.82 Å². The van der Waals surface area contributed by atoms with Gasteiger partial charge in [-0.05, 0) is 43.5 Å². The molecule has 162 valence electrons. The summed E-state index contributed by atoms with van der Waals surface area (Å²) in [6.45, 7) is 3.55. The first kappa shape index (κ1) is 20.5. The standard InChI is InChI=1S/C22H27N7O2/c1-14-11-19(28-31-14)27-22(30)26-17-7-3-5-15(12-17)16-6-4-10-29(13-16)21(24-2)18-8-9-25-20(18)23/h3,5,7-9,11-12,16,24H,4,6,10,13H2,1-2H3,(H2,23,25)(H2,26,27,28,30)/b21-18+. The van der Waals surface area contributed by atoms with Crippen LogP contribution in [0.2, 0.25) is 0 Å². The number of nitrogens with one attached hydrogen (secondary N) is 5. The van der Waals surface area contributed by atoms with Crippen molar-refractivity contribution in [3.05, 3.63) is 65.3 Å². The molecular weight excluding hydrogens is 394 g/mol. The second-order valence-electron chi connectivity index (χ2n) is 7.68. The smallest absolute Gasteiger partial charge is 0.324 e. The number of benzene rings is 1. The van der Waals surface area contributed by atoms with Gasteiger partial charge < -0.3 is 25.4 Å². The van der Waals surface area contributed by atoms with Gasteiger partial charge in [0, 0.05) is 44.0 Å². The van der Waals surface area contributed by atoms with Crippen LogP contribution in [0.5, 0.6) is 0 Å². The van der Waals surface area contributed by atoms with Gasteiger partial charge in [0.1, 0.15) is 17.4 Å². The maximum absolute atomic E-state index is 12.3. The van der Waals surface area contributed by atoms with E-state index in [0.717, 1.165) is 43.0 Å². The van der Waals surface area contributed by atoms with Crippen LogP contribution in [-0.4, -0.2) is 42.1 Å². The van der Waals surface area contributed by atoms with Crippen molar-refractivity contribution in [1.29, 1.82) is 5.41 Å². The van der Waals surface area contributed by atoms with E-state index in [1.165, 1.54) is 5.56 Å². The largest absolute Gasteiger partial charge is 0.374 e. The van der Waals surface area contributed by atoms with E-state index in [-0.39, 0.29) is 6.03 Å². The second-order valence-corrected chi connectivity index (χ2v) is 7.68. The van der Waals surface area contributed by atoms with Gasteiger partial charge in [-0.3, -0.25) is 10.7 Å². The Morgan fingerprint density at radius 3 is 2.90 bits per heavy atom. The van der Waals surface area contributed by atoms with Crippen molar-refractivity contribution in [1.82, 2.24) is 20.7 Å². The average Bonchev–Trinajstić information content (AvgIpc) is 3.37. The summed E-state index contributed by atoms with van der Waals surface area (Å²) in [4.78, 5) is 14.6. The van der Waals surface area contributed by atoms with E-state index in [0.29, 0.717) is 23.3 Å². The highest BCUT2D eigenvalue weighted by Gasteiger charge is 2.25. The fourth-order valence-corrected chi connectivity index (χ4v) is 4.06. The zero-order valence-corrected chi connectivity index (χ0v) is 17.7. The lowest BCUT2D eigenvalue weighted by molar-refractivity contribution is 0.246. The Labute approximate surface area is 181 Å². The highest BCUT2D eigenvalue weighted by Crippen LogP contribution is 2.30. The number of nitrogens with zero attached hydrogens (tertiary/aromatic N) is 2. The molecule has 1 aromatic carbocycles. The number of hydrogen-bond acceptors (Lipinski definition) is 6. The van der Waals surface area contributed by atoms with E-state index < -0.39 is 0 Å². The molecule has 0 radical (unpaired) electrons. The summed E-state index contributed by atoms with van der Waals surface area (Å²) in [5.74, 6) is 2.71. The van der Waals surface area contributed by atoms with E-state index in [1.54, 1.807) is 19.2 Å². The van der Waals surface area contributed by atoms with E-state index in [2.05, 4.69) is 37.4 Å². The SMILES string of the molecule is CN/C(=C1/C=CNC1=N)N1CCCC(c2cccc(NC(=O)Nc3cc(C)on3)c2)C1. The summed E-state index contributed by atoms with van der Waals surface area (Å²) < 4.78 is 4.97. The van der Waals surface area contributed by atoms with Crippen LogP contribution in [-0.2, 0) is 0 Å². The summed E-state index contributed by atoms with van der Waals surface area (Å²) in [7, 11) is 1.89. The van der Waals surface area contributed by atoms with Crippen molar-refractivity contribution in [3.63, 3.8) is 0 Å². The first-order chi connectivity index (χ1) is 15.0. The van der Waals surface area contributed by atoms with E-state index in [4.69, 9.17) is 9.93 Å². The Kier molecular flexibility index (Phi) is 5.92. The van der Waals surface area contributed by atoms with Gasteiger partial charge in [0.05, 0.1) is 5.57 Å². The van der Waals surface area contributed by atoms with E-state index in [1.807, 2.05) is 31.3 Å². The van der Waals surface area contributed by atoms with Gasteiger partial charge in [-0.1, -0.05) is 17.3 Å². The molecule has 3 heterocycles. The number of rotatable bonds is 5. The van der Waals surface area contributed by atoms with Gasteiger partial charge in [0.2, 0.25) is 0 Å². The van der Waals surface area contributed by atoms with E-state index in [9.17, 15) is 4.79 Å². The number of aryl methyl sites for hydroxylation is 1. The zero-order valence-electron chi connectivity index (χ0n) is 17.7. The molecule has 2 aliphatic heterocycles. The fraction of sp³-hybridized carbons (Fsp3) is 0.318. The quantitative estimate of drug-likeness (QED) is 0.505. The Morgan fingerprint density at radius 1 is 1.32 bits per heavy atom. The topological polar surface area (TPSA) is 118 Å². The predicted octanol–water partition coefficient (Wildman–Crippen LogP) is 3.33. The maximum Gasteiger partial charge on any atom is 0.324 e. The second kappa shape index (κ2) is 8.95. The number of anilines is 2. The summed E-state index contributed by atoms with van der Waals surface area (Å²) in [5, 5.41) is 23.6. The molecule has 2 aliphatic rings. The lowest BCUT2D eigenvalue weighted by atomic mass is 9.90. The number of hydrogen-bond donors (Lipinski definition) is 5. The molecule has 0 aliphatic carbocycles. The molecule has 1 fully saturated rings. The molecule has 9 heteroatoms. The molecule has 2 aromatic rings. The third-order valence-corrected chi connectivity index (χ3v) is 5.46. The molecule has 4 rings (SSSR count). The van der Waals surface area contributed by atoms with Crippen LogP contribution >= 0.6 is 0 Å². The van der Waals surface area contributed by atoms with Crippen molar-refractivity contribution >= 4 is 23.4 Å². The molecule has 0 bridgehead atoms. The number of urea groups is 1. The van der Waals surface area contributed by atoms with Gasteiger partial charge in [-0.25, -0.2) is 4.79 Å². The highest BCUT2D eigenvalue weighted by atomic mass is 16.5. The summed E-state index contributed by atoms with van der Waals surface area (Å²) in [5.41, 5.74) is 2.78. The van der Waals surface area contributed by atoms with Crippen LogP contribution in [0.1, 0.15) is 30.1 Å². The molecular formula is C22H27N7O2. The van der Waals surface area contributed by atoms with Crippen LogP contribution in [0.25, 0.3) is 0 Å². The number of amides is 2. The van der Waals surface area contributed by atoms with Crippen LogP contribution in [0.4, 0.5) is 16.3 Å². The maximum atomic E-state index is 12.3. The highest BCUT2D eigenvalue weighted by molar-refractivity contribution is 6.02. The molecule has 0 spiro atoms. The Balaban J connectivity index is 1.45. The summed E-state index contributed by atoms with van der Waals surface area (Å²) in [6.07, 6.45) is 5.84. The van der Waals surface area contributed by atoms with Gasteiger partial charge in [-0.2, -0.15) is 0 Å². The van der Waals surface area contributed by atoms with Gasteiger partial charge in [-0.15, -0.1) is 0 Å². The summed E-state index contributed by atoms with van der Waals surface area (Å²) >= 11 is 0. The zero-order chi connectivity index (χ0) is 21.8. The number of carbonyl (C=O) groups is 1. The molecule has 2 amide bonds. The minimum Gasteiger partial charge on any atom is -0.374 e. The van der Waals surface area contributed by atoms with Crippen molar-refractivity contribution in [2.75, 3.05) is 30.8 Å². The number of aromatic nitrogens is 1. The monoisotopic (exact) mass is 421 g/mol. The third-order valence-electron chi connectivity index (χ3n) is 5.46. The van der Waals surface area contributed by atoms with Crippen LogP contribution in [0.15, 0.2) is 58.5 Å². The molecule has 1 saturated heterocycles. The molecule has 1 unspecified atom stereocenters. The fourth-order valence-electron chi connectivity index (χ4n) is 4.06. The normalized spacial score (nSPS) is 19.7. The third kappa shape index (κ3) is 4.71. The minimum absolute atomic E-state index is 0.327. The molecule has 9 nitrogen and oxygen atoms in total. The van der Waals surface area contributed by atoms with E-state index >= 15 is 0 Å². The van der Waals surface area contributed by atoms with Gasteiger partial charge >= 0.3 is 6.03 Å². The van der Waals surface area contributed by atoms with Gasteiger partial charge in [0.25, 0.3) is 0 Å². The van der Waals surface area contributed by atoms with Crippen LogP contribution in [0.3, 0.4) is 0 Å². The Bertz CT molecular complexity index is 1040. The van der Waals surface area contributed by atoms with Crippen LogP contribution < -0.4 is 21.3 Å². The lowest BCUT2D eigenvalue weighted by Crippen LogP contribution is -2.39. The average molecular weight is 422 g/mol. The number of carbonyl (C=O) groups excluding carboxylic acids is 1. The number of piperidine rings is 1. The molecule has 0 saturated carbocycles.